The van der Waals surface area contributed by atoms with E-state index >= 15 is 0 Å². The van der Waals surface area contributed by atoms with E-state index in [1.54, 1.807) is 42.5 Å². The number of hydrogen-bond donors (Lipinski definition) is 1. The molecule has 0 saturated carbocycles. The molecule has 43 heavy (non-hydrogen) atoms. The summed E-state index contributed by atoms with van der Waals surface area (Å²) >= 11 is 0.924. The number of aromatic nitrogens is 4. The second-order valence-corrected chi connectivity index (χ2v) is 13.5. The average Bonchev–Trinajstić information content (AvgIpc) is 3.61. The van der Waals surface area contributed by atoms with Gasteiger partial charge in [0.2, 0.25) is 4.34 Å². The van der Waals surface area contributed by atoms with Crippen LogP contribution in [0.2, 0.25) is 0 Å². The average molecular weight is 654 g/mol. The van der Waals surface area contributed by atoms with Gasteiger partial charge in [-0.2, -0.15) is 0 Å². The molecule has 0 fully saturated rings. The van der Waals surface area contributed by atoms with E-state index in [0.717, 1.165) is 11.3 Å². The van der Waals surface area contributed by atoms with Crippen molar-refractivity contribution in [2.24, 2.45) is 11.1 Å². The summed E-state index contributed by atoms with van der Waals surface area (Å²) in [5.74, 6) is -1.000. The van der Waals surface area contributed by atoms with Crippen molar-refractivity contribution in [1.82, 2.24) is 20.0 Å². The number of alkyl halides is 1. The van der Waals surface area contributed by atoms with Crippen LogP contribution in [0.15, 0.2) is 53.0 Å². The molecule has 4 rings (SSSR count). The summed E-state index contributed by atoms with van der Waals surface area (Å²) in [4.78, 5) is 29.1. The highest BCUT2D eigenvalue weighted by atomic mass is 32.2. The van der Waals surface area contributed by atoms with E-state index in [0.29, 0.717) is 33.0 Å². The first-order valence-electron chi connectivity index (χ1n) is 12.7. The molecule has 0 aliphatic heterocycles. The zero-order valence-corrected chi connectivity index (χ0v) is 25.3. The second-order valence-electron chi connectivity index (χ2n) is 9.25. The van der Waals surface area contributed by atoms with Gasteiger partial charge in [0, 0.05) is 28.7 Å². The lowest BCUT2D eigenvalue weighted by Crippen LogP contribution is -2.27. The number of nitrogens with two attached hydrogens (primary N) is 1. The van der Waals surface area contributed by atoms with Crippen molar-refractivity contribution in [1.29, 1.82) is 0 Å². The van der Waals surface area contributed by atoms with Gasteiger partial charge in [0.05, 0.1) is 29.4 Å². The summed E-state index contributed by atoms with van der Waals surface area (Å²) in [6, 6.07) is 11.6. The third-order valence-corrected chi connectivity index (χ3v) is 9.63. The fraction of sp³-hybridized carbons (Fsp3) is 0.346. The number of hydrogen-bond acceptors (Lipinski definition) is 12. The van der Waals surface area contributed by atoms with Crippen molar-refractivity contribution in [2.45, 2.75) is 29.7 Å². The third-order valence-electron chi connectivity index (χ3n) is 5.86. The van der Waals surface area contributed by atoms with Crippen LogP contribution in [-0.2, 0) is 54.1 Å². The smallest absolute Gasteiger partial charge is 0.310 e. The van der Waals surface area contributed by atoms with Crippen LogP contribution < -0.4 is 14.6 Å². The maximum absolute atomic E-state index is 12.8. The topological polar surface area (TPSA) is 183 Å². The Balaban J connectivity index is 1.30. The molecule has 0 radical (unpaired) electrons. The Morgan fingerprint density at radius 1 is 1.16 bits per heavy atom. The molecule has 0 bridgehead atoms. The van der Waals surface area contributed by atoms with E-state index in [9.17, 15) is 26.6 Å². The number of ketones is 1. The number of benzene rings is 2. The van der Waals surface area contributed by atoms with Gasteiger partial charge in [-0.1, -0.05) is 17.3 Å². The van der Waals surface area contributed by atoms with Crippen LogP contribution in [0.3, 0.4) is 0 Å². The van der Waals surface area contributed by atoms with Gasteiger partial charge >= 0.3 is 5.97 Å². The predicted molar refractivity (Wildman–Crippen MR) is 155 cm³/mol. The van der Waals surface area contributed by atoms with Gasteiger partial charge in [0.25, 0.3) is 10.0 Å². The molecule has 4 aromatic rings. The Kier molecular flexibility index (Phi) is 10.9. The van der Waals surface area contributed by atoms with Crippen LogP contribution in [0.4, 0.5) is 4.39 Å². The van der Waals surface area contributed by atoms with Crippen molar-refractivity contribution in [3.05, 3.63) is 59.9 Å². The Morgan fingerprint density at radius 3 is 2.70 bits per heavy atom. The molecule has 0 spiro atoms. The SMILES string of the molecule is COC(=O)[C@H](CC(=O)Cn1cc(COc2ccc3nc(S(N)(=O)=O)sc3c2)nn1)CS(=O)Cc1cccc(OCCF)c1. The summed E-state index contributed by atoms with van der Waals surface area (Å²) in [6.07, 6.45) is 1.31. The van der Waals surface area contributed by atoms with Crippen molar-refractivity contribution >= 4 is 54.1 Å². The first kappa shape index (κ1) is 32.1. The number of Topliss-reactive ketones (excluding diaryl/α,β-unsaturated/α-hetero) is 1. The fourth-order valence-corrected chi connectivity index (χ4v) is 7.04. The van der Waals surface area contributed by atoms with Gasteiger partial charge in [0.1, 0.15) is 43.6 Å². The van der Waals surface area contributed by atoms with E-state index < -0.39 is 39.4 Å². The number of fused-ring (bicyclic) bond motifs is 1. The van der Waals surface area contributed by atoms with Gasteiger partial charge in [-0.05, 0) is 35.9 Å². The van der Waals surface area contributed by atoms with E-state index in [4.69, 9.17) is 19.3 Å². The predicted octanol–water partition coefficient (Wildman–Crippen LogP) is 2.16. The molecule has 0 amide bonds. The monoisotopic (exact) mass is 653 g/mol. The van der Waals surface area contributed by atoms with Crippen molar-refractivity contribution in [3.8, 4) is 11.5 Å². The number of esters is 1. The van der Waals surface area contributed by atoms with Gasteiger partial charge in [-0.3, -0.25) is 13.8 Å². The summed E-state index contributed by atoms with van der Waals surface area (Å²) in [7, 11) is -4.22. The number of carbonyl (C=O) groups excluding carboxylic acids is 2. The Labute approximate surface area is 252 Å². The fourth-order valence-electron chi connectivity index (χ4n) is 3.98. The quantitative estimate of drug-likeness (QED) is 0.175. The third kappa shape index (κ3) is 9.34. The normalized spacial score (nSPS) is 13.0. The number of carbonyl (C=O) groups is 2. The number of halogens is 1. The molecule has 2 aromatic heterocycles. The highest BCUT2D eigenvalue weighted by Crippen LogP contribution is 2.28. The molecule has 1 unspecified atom stereocenters. The summed E-state index contributed by atoms with van der Waals surface area (Å²) in [5.41, 5.74) is 1.57. The summed E-state index contributed by atoms with van der Waals surface area (Å²) in [6.45, 7) is -0.878. The lowest BCUT2D eigenvalue weighted by atomic mass is 10.1. The number of methoxy groups -OCH3 is 1. The molecular formula is C26H28FN5O8S3. The van der Waals surface area contributed by atoms with Crippen LogP contribution in [0.25, 0.3) is 10.2 Å². The van der Waals surface area contributed by atoms with E-state index in [1.165, 1.54) is 18.0 Å². The highest BCUT2D eigenvalue weighted by molar-refractivity contribution is 7.91. The van der Waals surface area contributed by atoms with Gasteiger partial charge in [-0.15, -0.1) is 16.4 Å². The van der Waals surface area contributed by atoms with Crippen LogP contribution >= 0.6 is 11.3 Å². The van der Waals surface area contributed by atoms with Crippen molar-refractivity contribution in [2.75, 3.05) is 26.1 Å². The number of thiazole rings is 1. The molecule has 0 aliphatic carbocycles. The zero-order valence-electron chi connectivity index (χ0n) is 22.9. The maximum Gasteiger partial charge on any atom is 0.310 e. The second kappa shape index (κ2) is 14.6. The maximum atomic E-state index is 12.8. The molecular weight excluding hydrogens is 626 g/mol. The minimum Gasteiger partial charge on any atom is -0.491 e. The molecule has 2 N–H and O–H groups in total. The zero-order chi connectivity index (χ0) is 31.0. The molecule has 230 valence electrons. The molecule has 13 nitrogen and oxygen atoms in total. The first-order valence-corrected chi connectivity index (χ1v) is 16.6. The number of ether oxygens (including phenoxy) is 3. The van der Waals surface area contributed by atoms with Gasteiger partial charge in [0.15, 0.2) is 5.78 Å². The van der Waals surface area contributed by atoms with E-state index in [2.05, 4.69) is 15.3 Å². The standard InChI is InChI=1S/C26H28FN5O8S3/c1-38-25(34)18(16-42(35)15-17-3-2-4-21(9-17)39-8-7-27)10-20(33)13-32-12-19(30-31-32)14-40-22-5-6-23-24(11-22)41-26(29-23)43(28,36)37/h2-6,9,11-12,18H,7-8,10,13-16H2,1H3,(H2,28,36,37)/t18-,42?/m1/s1. The van der Waals surface area contributed by atoms with Crippen molar-refractivity contribution < 1.29 is 40.8 Å². The molecule has 17 heteroatoms. The van der Waals surface area contributed by atoms with Crippen LogP contribution in [0, 0.1) is 5.92 Å². The molecule has 0 saturated heterocycles. The largest absolute Gasteiger partial charge is 0.491 e. The van der Waals surface area contributed by atoms with Crippen molar-refractivity contribution in [3.63, 3.8) is 0 Å². The first-order chi connectivity index (χ1) is 20.5. The lowest BCUT2D eigenvalue weighted by molar-refractivity contribution is -0.146. The Morgan fingerprint density at radius 2 is 1.95 bits per heavy atom. The number of sulfonamides is 1. The molecule has 2 heterocycles. The van der Waals surface area contributed by atoms with Crippen LogP contribution in [0.1, 0.15) is 17.7 Å². The summed E-state index contributed by atoms with van der Waals surface area (Å²) in [5, 5.41) is 13.1. The lowest BCUT2D eigenvalue weighted by Gasteiger charge is -2.14. The Bertz CT molecular complexity index is 1730. The number of rotatable bonds is 16. The van der Waals surface area contributed by atoms with E-state index in [-0.39, 0.29) is 47.8 Å². The Hall–Kier alpha value is -3.80. The van der Waals surface area contributed by atoms with Crippen LogP contribution in [-0.4, -0.2) is 70.5 Å². The summed E-state index contributed by atoms with van der Waals surface area (Å²) < 4.78 is 65.8. The van der Waals surface area contributed by atoms with Crippen LogP contribution in [0.5, 0.6) is 11.5 Å². The number of nitrogens with zero attached hydrogens (tertiary/aromatic N) is 4. The minimum atomic E-state index is -3.91. The molecule has 0 aliphatic rings. The number of primary sulfonamides is 1. The van der Waals surface area contributed by atoms with Gasteiger partial charge in [-0.25, -0.2) is 27.6 Å². The van der Waals surface area contributed by atoms with E-state index in [1.807, 2.05) is 0 Å². The minimum absolute atomic E-state index is 0.0182. The van der Waals surface area contributed by atoms with Gasteiger partial charge < -0.3 is 14.2 Å². The molecule has 2 aromatic carbocycles. The molecule has 2 atom stereocenters. The highest BCUT2D eigenvalue weighted by Gasteiger charge is 2.26.